The topological polar surface area (TPSA) is 46.5 Å². The van der Waals surface area contributed by atoms with Gasteiger partial charge in [-0.3, -0.25) is 4.79 Å². The second-order valence-corrected chi connectivity index (χ2v) is 8.15. The molecule has 4 fully saturated rings. The second-order valence-electron chi connectivity index (χ2n) is 7.74. The standard InChI is InChI=1S/C18H20ClFO3/c19-14-2-1-3-15(20)13(14)9-23-16(21)17-5-11-4-12(6-17)8-18(22,7-11)10-17/h1-3,11-12,22H,4-10H2. The minimum atomic E-state index is -0.710. The first kappa shape index (κ1) is 15.4. The monoisotopic (exact) mass is 338 g/mol. The first-order valence-corrected chi connectivity index (χ1v) is 8.59. The molecule has 23 heavy (non-hydrogen) atoms. The molecule has 5 heteroatoms. The summed E-state index contributed by atoms with van der Waals surface area (Å²) in [7, 11) is 0. The van der Waals surface area contributed by atoms with Crippen molar-refractivity contribution in [2.45, 2.75) is 50.7 Å². The van der Waals surface area contributed by atoms with E-state index in [0.29, 0.717) is 18.3 Å². The Kier molecular flexibility index (Phi) is 3.47. The van der Waals surface area contributed by atoms with Crippen LogP contribution in [-0.4, -0.2) is 16.7 Å². The Bertz CT molecular complexity index is 625. The Morgan fingerprint density at radius 3 is 2.61 bits per heavy atom. The highest BCUT2D eigenvalue weighted by Crippen LogP contribution is 2.62. The van der Waals surface area contributed by atoms with Crippen LogP contribution in [0, 0.1) is 23.1 Å². The van der Waals surface area contributed by atoms with Crippen LogP contribution < -0.4 is 0 Å². The minimum absolute atomic E-state index is 0.153. The van der Waals surface area contributed by atoms with Crippen LogP contribution in [0.5, 0.6) is 0 Å². The number of hydrogen-bond donors (Lipinski definition) is 1. The second kappa shape index (κ2) is 5.18. The van der Waals surface area contributed by atoms with Gasteiger partial charge in [0.2, 0.25) is 0 Å². The highest BCUT2D eigenvalue weighted by Gasteiger charge is 2.60. The first-order valence-electron chi connectivity index (χ1n) is 8.22. The van der Waals surface area contributed by atoms with E-state index in [1.165, 1.54) is 12.1 Å². The summed E-state index contributed by atoms with van der Waals surface area (Å²) in [5, 5.41) is 11.0. The summed E-state index contributed by atoms with van der Waals surface area (Å²) in [5.74, 6) is 0.0514. The first-order chi connectivity index (χ1) is 10.9. The number of rotatable bonds is 3. The number of halogens is 2. The summed E-state index contributed by atoms with van der Waals surface area (Å²) >= 11 is 5.98. The van der Waals surface area contributed by atoms with Gasteiger partial charge in [-0.1, -0.05) is 17.7 Å². The van der Waals surface area contributed by atoms with E-state index < -0.39 is 16.8 Å². The zero-order valence-electron chi connectivity index (χ0n) is 12.9. The number of benzene rings is 1. The maximum absolute atomic E-state index is 13.8. The Morgan fingerprint density at radius 1 is 1.30 bits per heavy atom. The van der Waals surface area contributed by atoms with E-state index in [-0.39, 0.29) is 23.2 Å². The maximum atomic E-state index is 13.8. The number of carbonyl (C=O) groups excluding carboxylic acids is 1. The van der Waals surface area contributed by atoms with E-state index in [4.69, 9.17) is 16.3 Å². The lowest BCUT2D eigenvalue weighted by Crippen LogP contribution is -2.58. The van der Waals surface area contributed by atoms with Crippen LogP contribution in [-0.2, 0) is 16.1 Å². The van der Waals surface area contributed by atoms with Gasteiger partial charge in [0.15, 0.2) is 0 Å². The van der Waals surface area contributed by atoms with Gasteiger partial charge in [-0.2, -0.15) is 0 Å². The van der Waals surface area contributed by atoms with E-state index in [2.05, 4.69) is 0 Å². The molecule has 2 atom stereocenters. The highest BCUT2D eigenvalue weighted by molar-refractivity contribution is 6.31. The summed E-state index contributed by atoms with van der Waals surface area (Å²) in [6.45, 7) is -0.153. The van der Waals surface area contributed by atoms with Crippen molar-refractivity contribution in [2.24, 2.45) is 17.3 Å². The molecule has 4 aliphatic rings. The number of ether oxygens (including phenoxy) is 1. The fourth-order valence-corrected chi connectivity index (χ4v) is 5.63. The molecule has 5 rings (SSSR count). The average molecular weight is 339 g/mol. The molecule has 124 valence electrons. The van der Waals surface area contributed by atoms with Crippen molar-refractivity contribution in [3.05, 3.63) is 34.6 Å². The smallest absolute Gasteiger partial charge is 0.312 e. The van der Waals surface area contributed by atoms with Gasteiger partial charge in [-0.05, 0) is 62.5 Å². The SMILES string of the molecule is O=C(OCc1c(F)cccc1Cl)C12CC3CC(CC(O)(C3)C1)C2. The van der Waals surface area contributed by atoms with Crippen LogP contribution in [0.4, 0.5) is 4.39 Å². The normalized spacial score (nSPS) is 37.9. The van der Waals surface area contributed by atoms with Gasteiger partial charge in [0.25, 0.3) is 0 Å². The molecule has 4 saturated carbocycles. The van der Waals surface area contributed by atoms with Gasteiger partial charge in [0.05, 0.1) is 16.0 Å². The Morgan fingerprint density at radius 2 is 2.00 bits per heavy atom. The third-order valence-electron chi connectivity index (χ3n) is 5.87. The third-order valence-corrected chi connectivity index (χ3v) is 6.23. The molecule has 0 heterocycles. The van der Waals surface area contributed by atoms with E-state index in [1.54, 1.807) is 6.07 Å². The van der Waals surface area contributed by atoms with Crippen molar-refractivity contribution in [3.8, 4) is 0 Å². The Balaban J connectivity index is 1.51. The quantitative estimate of drug-likeness (QED) is 0.851. The molecule has 0 aromatic heterocycles. The Labute approximate surface area is 139 Å². The summed E-state index contributed by atoms with van der Waals surface area (Å²) in [5.41, 5.74) is -1.08. The molecule has 0 amide bonds. The van der Waals surface area contributed by atoms with Crippen LogP contribution in [0.25, 0.3) is 0 Å². The summed E-state index contributed by atoms with van der Waals surface area (Å²) in [6.07, 6.45) is 4.77. The van der Waals surface area contributed by atoms with E-state index in [1.807, 2.05) is 0 Å². The van der Waals surface area contributed by atoms with Gasteiger partial charge >= 0.3 is 5.97 Å². The predicted octanol–water partition coefficient (Wildman–Crippen LogP) is 3.85. The molecule has 3 nitrogen and oxygen atoms in total. The van der Waals surface area contributed by atoms with E-state index in [9.17, 15) is 14.3 Å². The van der Waals surface area contributed by atoms with E-state index in [0.717, 1.165) is 32.1 Å². The molecular formula is C18H20ClFO3. The number of hydrogen-bond acceptors (Lipinski definition) is 3. The number of carbonyl (C=O) groups is 1. The lowest BCUT2D eigenvalue weighted by atomic mass is 9.48. The molecule has 4 bridgehead atoms. The third kappa shape index (κ3) is 2.56. The molecule has 4 aliphatic carbocycles. The van der Waals surface area contributed by atoms with Gasteiger partial charge in [-0.15, -0.1) is 0 Å². The van der Waals surface area contributed by atoms with E-state index >= 15 is 0 Å². The lowest BCUT2D eigenvalue weighted by Gasteiger charge is -2.58. The number of aliphatic hydroxyl groups is 1. The van der Waals surface area contributed by atoms with Crippen molar-refractivity contribution in [2.75, 3.05) is 0 Å². The molecule has 2 unspecified atom stereocenters. The Hall–Kier alpha value is -1.13. The lowest BCUT2D eigenvalue weighted by molar-refractivity contribution is -0.197. The van der Waals surface area contributed by atoms with Crippen molar-refractivity contribution >= 4 is 17.6 Å². The van der Waals surface area contributed by atoms with Gasteiger partial charge in [-0.25, -0.2) is 4.39 Å². The summed E-state index contributed by atoms with van der Waals surface area (Å²) in [4.78, 5) is 12.7. The summed E-state index contributed by atoms with van der Waals surface area (Å²) in [6, 6.07) is 4.42. The van der Waals surface area contributed by atoms with Gasteiger partial charge in [0, 0.05) is 5.56 Å². The fourth-order valence-electron chi connectivity index (χ4n) is 5.41. The zero-order valence-corrected chi connectivity index (χ0v) is 13.6. The molecule has 0 spiro atoms. The van der Waals surface area contributed by atoms with Crippen molar-refractivity contribution in [1.82, 2.24) is 0 Å². The van der Waals surface area contributed by atoms with Crippen molar-refractivity contribution in [1.29, 1.82) is 0 Å². The van der Waals surface area contributed by atoms with Crippen LogP contribution in [0.3, 0.4) is 0 Å². The van der Waals surface area contributed by atoms with Crippen LogP contribution in [0.15, 0.2) is 18.2 Å². The highest BCUT2D eigenvalue weighted by atomic mass is 35.5. The van der Waals surface area contributed by atoms with Crippen LogP contribution in [0.2, 0.25) is 5.02 Å². The fraction of sp³-hybridized carbons (Fsp3) is 0.611. The molecule has 0 radical (unpaired) electrons. The van der Waals surface area contributed by atoms with Gasteiger partial charge in [0.1, 0.15) is 12.4 Å². The molecule has 1 aromatic carbocycles. The van der Waals surface area contributed by atoms with Crippen molar-refractivity contribution < 1.29 is 19.0 Å². The minimum Gasteiger partial charge on any atom is -0.460 e. The molecule has 1 N–H and O–H groups in total. The maximum Gasteiger partial charge on any atom is 0.312 e. The zero-order chi connectivity index (χ0) is 16.2. The summed E-state index contributed by atoms with van der Waals surface area (Å²) < 4.78 is 19.3. The van der Waals surface area contributed by atoms with Crippen LogP contribution in [0.1, 0.15) is 44.1 Å². The van der Waals surface area contributed by atoms with Crippen LogP contribution >= 0.6 is 11.6 Å². The number of esters is 1. The van der Waals surface area contributed by atoms with Crippen molar-refractivity contribution in [3.63, 3.8) is 0 Å². The molecule has 1 aromatic rings. The molecular weight excluding hydrogens is 319 g/mol. The molecule has 0 saturated heterocycles. The van der Waals surface area contributed by atoms with Gasteiger partial charge < -0.3 is 9.84 Å². The average Bonchev–Trinajstić information content (AvgIpc) is 2.43. The predicted molar refractivity (Wildman–Crippen MR) is 83.3 cm³/mol. The molecule has 0 aliphatic heterocycles. The largest absolute Gasteiger partial charge is 0.460 e.